The fraction of sp³-hybridized carbons (Fsp3) is 0.769. The molecule has 3 N–H and O–H groups in total. The van der Waals surface area contributed by atoms with Crippen molar-refractivity contribution in [2.45, 2.75) is 52.0 Å². The zero-order valence-corrected chi connectivity index (χ0v) is 11.3. The third-order valence-electron chi connectivity index (χ3n) is 3.95. The van der Waals surface area contributed by atoms with E-state index in [1.54, 1.807) is 0 Å². The summed E-state index contributed by atoms with van der Waals surface area (Å²) >= 11 is 0. The second-order valence-corrected chi connectivity index (χ2v) is 5.54. The van der Waals surface area contributed by atoms with E-state index >= 15 is 0 Å². The van der Waals surface area contributed by atoms with Gasteiger partial charge in [-0.05, 0) is 19.8 Å². The molecular weight excluding hydrogens is 250 g/mol. The van der Waals surface area contributed by atoms with Crippen molar-refractivity contribution in [3.63, 3.8) is 0 Å². The summed E-state index contributed by atoms with van der Waals surface area (Å²) in [6.45, 7) is 3.09. The Morgan fingerprint density at radius 3 is 2.00 bits per heavy atom. The van der Waals surface area contributed by atoms with Gasteiger partial charge in [-0.15, -0.1) is 0 Å². The molecule has 1 aliphatic rings. The van der Waals surface area contributed by atoms with Crippen LogP contribution in [0.1, 0.15) is 46.0 Å². The van der Waals surface area contributed by atoms with Crippen LogP contribution in [0.2, 0.25) is 0 Å². The molecule has 2 atom stereocenters. The Balaban J connectivity index is 2.76. The van der Waals surface area contributed by atoms with Gasteiger partial charge in [0.15, 0.2) is 0 Å². The van der Waals surface area contributed by atoms with Gasteiger partial charge in [-0.25, -0.2) is 4.79 Å². The molecule has 0 aromatic carbocycles. The molecule has 0 heterocycles. The Kier molecular flexibility index (Phi) is 4.91. The van der Waals surface area contributed by atoms with Crippen molar-refractivity contribution in [1.29, 1.82) is 0 Å². The molecule has 0 radical (unpaired) electrons. The van der Waals surface area contributed by atoms with E-state index in [0.717, 1.165) is 19.3 Å². The number of rotatable bonds is 5. The summed E-state index contributed by atoms with van der Waals surface area (Å²) in [4.78, 5) is 34.2. The number of hydrogen-bond acceptors (Lipinski definition) is 3. The average molecular weight is 271 g/mol. The second-order valence-electron chi connectivity index (χ2n) is 5.54. The summed E-state index contributed by atoms with van der Waals surface area (Å²) in [6, 6.07) is -1.39. The molecule has 0 bridgehead atoms. The molecule has 1 unspecified atom stereocenters. The summed E-state index contributed by atoms with van der Waals surface area (Å²) < 4.78 is 0. The zero-order valence-electron chi connectivity index (χ0n) is 11.3. The molecule has 0 aromatic heterocycles. The maximum Gasteiger partial charge on any atom is 0.327 e. The summed E-state index contributed by atoms with van der Waals surface area (Å²) in [5, 5.41) is 20.3. The van der Waals surface area contributed by atoms with Crippen LogP contribution >= 0.6 is 0 Å². The fourth-order valence-electron chi connectivity index (χ4n) is 2.42. The van der Waals surface area contributed by atoms with Crippen molar-refractivity contribution in [3.8, 4) is 0 Å². The number of hydrogen-bond donors (Lipinski definition) is 3. The highest BCUT2D eigenvalue weighted by atomic mass is 16.4. The molecule has 0 saturated heterocycles. The van der Waals surface area contributed by atoms with Crippen LogP contribution in [0.5, 0.6) is 0 Å². The van der Waals surface area contributed by atoms with E-state index in [2.05, 4.69) is 5.32 Å². The molecule has 19 heavy (non-hydrogen) atoms. The predicted molar refractivity (Wildman–Crippen MR) is 67.6 cm³/mol. The molecule has 0 aromatic rings. The smallest absolute Gasteiger partial charge is 0.327 e. The lowest BCUT2D eigenvalue weighted by molar-refractivity contribution is -0.152. The maximum atomic E-state index is 12.2. The number of amides is 1. The maximum absolute atomic E-state index is 12.2. The van der Waals surface area contributed by atoms with E-state index in [1.807, 2.05) is 6.92 Å². The van der Waals surface area contributed by atoms with Gasteiger partial charge in [0.1, 0.15) is 6.04 Å². The van der Waals surface area contributed by atoms with Crippen LogP contribution in [0.4, 0.5) is 0 Å². The van der Waals surface area contributed by atoms with Gasteiger partial charge >= 0.3 is 11.9 Å². The third kappa shape index (κ3) is 3.68. The number of carboxylic acids is 2. The van der Waals surface area contributed by atoms with E-state index in [-0.39, 0.29) is 5.91 Å². The Morgan fingerprint density at radius 2 is 1.58 bits per heavy atom. The average Bonchev–Trinajstić information content (AvgIpc) is 2.35. The minimum absolute atomic E-state index is 0.354. The standard InChI is InChI=1S/C13H21NO5/c1-8(10(15)16)9(11(17)18)14-12(19)13(2)6-4-3-5-7-13/h8-9H,3-7H2,1-2H3,(H,14,19)(H,15,16)(H,17,18)/t8?,9-/m0/s1. The van der Waals surface area contributed by atoms with Crippen molar-refractivity contribution in [2.75, 3.05) is 0 Å². The lowest BCUT2D eigenvalue weighted by Gasteiger charge is -2.33. The highest BCUT2D eigenvalue weighted by molar-refractivity contribution is 5.90. The fourth-order valence-corrected chi connectivity index (χ4v) is 2.42. The number of carbonyl (C=O) groups excluding carboxylic acids is 1. The SMILES string of the molecule is CC(C(=O)O)[C@H](NC(=O)C1(C)CCCCC1)C(=O)O. The number of aliphatic carboxylic acids is 2. The molecule has 1 saturated carbocycles. The lowest BCUT2D eigenvalue weighted by atomic mass is 9.75. The zero-order chi connectivity index (χ0) is 14.6. The largest absolute Gasteiger partial charge is 0.481 e. The van der Waals surface area contributed by atoms with Gasteiger partial charge < -0.3 is 15.5 Å². The first-order valence-electron chi connectivity index (χ1n) is 6.54. The molecule has 0 aliphatic heterocycles. The monoisotopic (exact) mass is 271 g/mol. The predicted octanol–water partition coefficient (Wildman–Crippen LogP) is 1.25. The summed E-state index contributed by atoms with van der Waals surface area (Å²) in [5.74, 6) is -4.06. The molecule has 1 aliphatic carbocycles. The van der Waals surface area contributed by atoms with E-state index in [4.69, 9.17) is 10.2 Å². The second kappa shape index (κ2) is 6.04. The normalized spacial score (nSPS) is 21.2. The quantitative estimate of drug-likeness (QED) is 0.698. The third-order valence-corrected chi connectivity index (χ3v) is 3.95. The van der Waals surface area contributed by atoms with Crippen LogP contribution < -0.4 is 5.32 Å². The van der Waals surface area contributed by atoms with Gasteiger partial charge in [-0.1, -0.05) is 26.2 Å². The summed E-state index contributed by atoms with van der Waals surface area (Å²) in [7, 11) is 0. The van der Waals surface area contributed by atoms with Crippen LogP contribution in [0.3, 0.4) is 0 Å². The first kappa shape index (κ1) is 15.5. The first-order chi connectivity index (χ1) is 8.78. The molecule has 108 valence electrons. The van der Waals surface area contributed by atoms with E-state index < -0.39 is 29.3 Å². The first-order valence-corrected chi connectivity index (χ1v) is 6.54. The Morgan fingerprint density at radius 1 is 1.05 bits per heavy atom. The molecule has 6 nitrogen and oxygen atoms in total. The number of nitrogens with one attached hydrogen (secondary N) is 1. The van der Waals surface area contributed by atoms with Gasteiger partial charge in [0, 0.05) is 5.41 Å². The highest BCUT2D eigenvalue weighted by Crippen LogP contribution is 2.36. The Labute approximate surface area is 112 Å². The lowest BCUT2D eigenvalue weighted by Crippen LogP contribution is -2.52. The molecule has 1 fully saturated rings. The van der Waals surface area contributed by atoms with Gasteiger partial charge in [0.05, 0.1) is 5.92 Å². The highest BCUT2D eigenvalue weighted by Gasteiger charge is 2.39. The Bertz CT molecular complexity index is 373. The molecule has 0 spiro atoms. The van der Waals surface area contributed by atoms with Crippen molar-refractivity contribution in [3.05, 3.63) is 0 Å². The van der Waals surface area contributed by atoms with Crippen molar-refractivity contribution in [1.82, 2.24) is 5.32 Å². The van der Waals surface area contributed by atoms with E-state index in [0.29, 0.717) is 12.8 Å². The van der Waals surface area contributed by atoms with Gasteiger partial charge in [0.2, 0.25) is 5.91 Å². The van der Waals surface area contributed by atoms with Gasteiger partial charge in [-0.3, -0.25) is 9.59 Å². The number of carboxylic acid groups (broad SMARTS) is 2. The topological polar surface area (TPSA) is 104 Å². The Hall–Kier alpha value is -1.59. The van der Waals surface area contributed by atoms with Crippen LogP contribution in [-0.2, 0) is 14.4 Å². The summed E-state index contributed by atoms with van der Waals surface area (Å²) in [6.07, 6.45) is 4.39. The van der Waals surface area contributed by atoms with Crippen LogP contribution in [0.15, 0.2) is 0 Å². The van der Waals surface area contributed by atoms with Crippen LogP contribution in [0, 0.1) is 11.3 Å². The van der Waals surface area contributed by atoms with E-state index in [9.17, 15) is 14.4 Å². The molecular formula is C13H21NO5. The molecule has 1 amide bonds. The van der Waals surface area contributed by atoms with Gasteiger partial charge in [0.25, 0.3) is 0 Å². The molecule has 6 heteroatoms. The van der Waals surface area contributed by atoms with Gasteiger partial charge in [-0.2, -0.15) is 0 Å². The van der Waals surface area contributed by atoms with Crippen molar-refractivity contribution < 1.29 is 24.6 Å². The minimum Gasteiger partial charge on any atom is -0.481 e. The van der Waals surface area contributed by atoms with Crippen LogP contribution in [-0.4, -0.2) is 34.1 Å². The van der Waals surface area contributed by atoms with E-state index in [1.165, 1.54) is 6.92 Å². The summed E-state index contributed by atoms with van der Waals surface area (Å²) in [5.41, 5.74) is -0.579. The van der Waals surface area contributed by atoms with Crippen molar-refractivity contribution in [2.24, 2.45) is 11.3 Å². The van der Waals surface area contributed by atoms with Crippen LogP contribution in [0.25, 0.3) is 0 Å². The number of carbonyl (C=O) groups is 3. The van der Waals surface area contributed by atoms with Crippen molar-refractivity contribution >= 4 is 17.8 Å². The minimum atomic E-state index is -1.39. The molecule has 1 rings (SSSR count).